The number of nitrogens with zero attached hydrogens (tertiary/aromatic N) is 3. The summed E-state index contributed by atoms with van der Waals surface area (Å²) in [5.74, 6) is 1.43. The molecule has 1 saturated heterocycles. The van der Waals surface area contributed by atoms with E-state index in [2.05, 4.69) is 55.7 Å². The van der Waals surface area contributed by atoms with Gasteiger partial charge in [0.05, 0.1) is 11.8 Å². The number of likely N-dealkylation sites (tertiary alicyclic amines) is 1. The molecule has 0 unspecified atom stereocenters. The molecule has 3 rings (SSSR count). The lowest BCUT2D eigenvalue weighted by atomic mass is 10.0. The fraction of sp³-hybridized carbons (Fsp3) is 0.500. The Hall–Kier alpha value is -2.34. The molecule has 6 nitrogen and oxygen atoms in total. The van der Waals surface area contributed by atoms with Crippen LogP contribution in [0, 0.1) is 0 Å². The van der Waals surface area contributed by atoms with Crippen molar-refractivity contribution in [3.63, 3.8) is 0 Å². The molecule has 1 aromatic carbocycles. The van der Waals surface area contributed by atoms with Gasteiger partial charge in [0.2, 0.25) is 0 Å². The zero-order chi connectivity index (χ0) is 18.2. The Bertz CT molecular complexity index is 685. The van der Waals surface area contributed by atoms with E-state index in [1.54, 1.807) is 6.20 Å². The van der Waals surface area contributed by atoms with E-state index in [-0.39, 0.29) is 0 Å². The van der Waals surface area contributed by atoms with Crippen molar-refractivity contribution in [2.75, 3.05) is 31.9 Å². The lowest BCUT2D eigenvalue weighted by molar-refractivity contribution is 0.204. The number of rotatable bonds is 7. The minimum absolute atomic E-state index is 0.444. The predicted octanol–water partition coefficient (Wildman–Crippen LogP) is 2.45. The summed E-state index contributed by atoms with van der Waals surface area (Å²) in [5, 5.41) is 10.4. The SMILES string of the molecule is CCN=C(NC1CCN(CCCc2ccccc2)CC1)c1cn[nH]c1N. The lowest BCUT2D eigenvalue weighted by Crippen LogP contribution is -2.45. The number of aromatic amines is 1. The molecule has 6 heteroatoms. The molecular weight excluding hydrogens is 324 g/mol. The third kappa shape index (κ3) is 5.08. The molecule has 0 radical (unpaired) electrons. The summed E-state index contributed by atoms with van der Waals surface area (Å²) in [6.45, 7) is 6.20. The van der Waals surface area contributed by atoms with Gasteiger partial charge >= 0.3 is 0 Å². The number of hydrogen-bond donors (Lipinski definition) is 3. The van der Waals surface area contributed by atoms with Crippen LogP contribution in [-0.2, 0) is 6.42 Å². The summed E-state index contributed by atoms with van der Waals surface area (Å²) in [5.41, 5.74) is 8.26. The van der Waals surface area contributed by atoms with Gasteiger partial charge in [-0.1, -0.05) is 30.3 Å². The van der Waals surface area contributed by atoms with Gasteiger partial charge in [0.15, 0.2) is 0 Å². The third-order valence-corrected chi connectivity index (χ3v) is 4.95. The molecule has 1 aliphatic rings. The van der Waals surface area contributed by atoms with E-state index >= 15 is 0 Å². The van der Waals surface area contributed by atoms with Crippen LogP contribution in [0.25, 0.3) is 0 Å². The van der Waals surface area contributed by atoms with E-state index in [9.17, 15) is 0 Å². The van der Waals surface area contributed by atoms with Gasteiger partial charge in [0, 0.05) is 25.7 Å². The fourth-order valence-corrected chi connectivity index (χ4v) is 3.50. The first kappa shape index (κ1) is 18.5. The number of amidine groups is 1. The number of nitrogens with two attached hydrogens (primary N) is 1. The summed E-state index contributed by atoms with van der Waals surface area (Å²) in [6, 6.07) is 11.2. The zero-order valence-corrected chi connectivity index (χ0v) is 15.6. The highest BCUT2D eigenvalue weighted by molar-refractivity contribution is 6.02. The summed E-state index contributed by atoms with van der Waals surface area (Å²) in [7, 11) is 0. The molecule has 2 heterocycles. The summed E-state index contributed by atoms with van der Waals surface area (Å²) in [4.78, 5) is 7.15. The number of nitrogens with one attached hydrogen (secondary N) is 2. The molecule has 0 saturated carbocycles. The molecule has 2 aromatic rings. The van der Waals surface area contributed by atoms with Gasteiger partial charge in [-0.25, -0.2) is 0 Å². The first-order valence-electron chi connectivity index (χ1n) is 9.62. The fourth-order valence-electron chi connectivity index (χ4n) is 3.50. The molecule has 0 aliphatic carbocycles. The van der Waals surface area contributed by atoms with E-state index in [0.717, 1.165) is 50.3 Å². The van der Waals surface area contributed by atoms with Gasteiger partial charge in [0.1, 0.15) is 11.7 Å². The number of benzene rings is 1. The number of hydrogen-bond acceptors (Lipinski definition) is 4. The first-order valence-corrected chi connectivity index (χ1v) is 9.62. The van der Waals surface area contributed by atoms with Crippen molar-refractivity contribution in [1.29, 1.82) is 0 Å². The number of aromatic nitrogens is 2. The molecule has 4 N–H and O–H groups in total. The van der Waals surface area contributed by atoms with Crippen LogP contribution in [0.4, 0.5) is 5.82 Å². The van der Waals surface area contributed by atoms with Crippen LogP contribution >= 0.6 is 0 Å². The van der Waals surface area contributed by atoms with Crippen LogP contribution in [0.1, 0.15) is 37.3 Å². The van der Waals surface area contributed by atoms with Crippen molar-refractivity contribution in [1.82, 2.24) is 20.4 Å². The molecule has 1 fully saturated rings. The number of aryl methyl sites for hydroxylation is 1. The van der Waals surface area contributed by atoms with E-state index in [1.165, 1.54) is 18.5 Å². The molecule has 140 valence electrons. The maximum Gasteiger partial charge on any atom is 0.133 e. The summed E-state index contributed by atoms with van der Waals surface area (Å²) in [6.07, 6.45) is 6.38. The van der Waals surface area contributed by atoms with Gasteiger partial charge in [0.25, 0.3) is 0 Å². The summed E-state index contributed by atoms with van der Waals surface area (Å²) < 4.78 is 0. The molecule has 0 amide bonds. The minimum Gasteiger partial charge on any atom is -0.383 e. The second-order valence-electron chi connectivity index (χ2n) is 6.87. The Morgan fingerprint density at radius 1 is 1.31 bits per heavy atom. The van der Waals surface area contributed by atoms with Crippen molar-refractivity contribution in [3.8, 4) is 0 Å². The number of H-pyrrole nitrogens is 1. The average molecular weight is 355 g/mol. The largest absolute Gasteiger partial charge is 0.383 e. The molecule has 0 atom stereocenters. The van der Waals surface area contributed by atoms with Crippen molar-refractivity contribution in [2.45, 2.75) is 38.6 Å². The second kappa shape index (κ2) is 9.38. The van der Waals surface area contributed by atoms with Gasteiger partial charge in [-0.3, -0.25) is 10.1 Å². The highest BCUT2D eigenvalue weighted by Crippen LogP contribution is 2.14. The third-order valence-electron chi connectivity index (χ3n) is 4.95. The quantitative estimate of drug-likeness (QED) is 0.527. The standard InChI is InChI=1S/C20H30N6/c1-2-22-20(18-15-23-25-19(18)21)24-17-10-13-26(14-11-17)12-6-9-16-7-4-3-5-8-16/h3-5,7-8,15,17H,2,6,9-14H2,1H3,(H,22,24)(H3,21,23,25). The van der Waals surface area contributed by atoms with E-state index < -0.39 is 0 Å². The highest BCUT2D eigenvalue weighted by Gasteiger charge is 2.21. The maximum absolute atomic E-state index is 5.95. The van der Waals surface area contributed by atoms with Gasteiger partial charge in [-0.2, -0.15) is 5.10 Å². The number of aliphatic imine (C=N–C) groups is 1. The molecule has 26 heavy (non-hydrogen) atoms. The Labute approximate surface area is 155 Å². The molecule has 1 aromatic heterocycles. The molecule has 0 bridgehead atoms. The van der Waals surface area contributed by atoms with Crippen LogP contribution in [0.15, 0.2) is 41.5 Å². The van der Waals surface area contributed by atoms with Crippen LogP contribution in [0.5, 0.6) is 0 Å². The van der Waals surface area contributed by atoms with E-state index in [1.807, 2.05) is 6.92 Å². The molecule has 1 aliphatic heterocycles. The molecular formula is C20H30N6. The Balaban J connectivity index is 1.43. The lowest BCUT2D eigenvalue weighted by Gasteiger charge is -2.33. The van der Waals surface area contributed by atoms with Crippen molar-refractivity contribution >= 4 is 11.7 Å². The van der Waals surface area contributed by atoms with Crippen LogP contribution in [0.2, 0.25) is 0 Å². The normalized spacial score (nSPS) is 16.7. The maximum atomic E-state index is 5.95. The summed E-state index contributed by atoms with van der Waals surface area (Å²) >= 11 is 0. The Morgan fingerprint density at radius 3 is 2.73 bits per heavy atom. The van der Waals surface area contributed by atoms with Gasteiger partial charge in [-0.05, 0) is 44.7 Å². The first-order chi connectivity index (χ1) is 12.8. The number of piperidine rings is 1. The van der Waals surface area contributed by atoms with Gasteiger partial charge < -0.3 is 16.0 Å². The number of anilines is 1. The predicted molar refractivity (Wildman–Crippen MR) is 107 cm³/mol. The number of nitrogen functional groups attached to an aromatic ring is 1. The minimum atomic E-state index is 0.444. The van der Waals surface area contributed by atoms with Crippen LogP contribution in [-0.4, -0.2) is 53.2 Å². The highest BCUT2D eigenvalue weighted by atomic mass is 15.2. The topological polar surface area (TPSA) is 82.3 Å². The van der Waals surface area contributed by atoms with E-state index in [0.29, 0.717) is 11.9 Å². The average Bonchev–Trinajstić information content (AvgIpc) is 3.09. The Morgan fingerprint density at radius 2 is 2.08 bits per heavy atom. The van der Waals surface area contributed by atoms with Crippen LogP contribution < -0.4 is 11.1 Å². The smallest absolute Gasteiger partial charge is 0.133 e. The Kier molecular flexibility index (Phi) is 6.66. The molecule has 0 spiro atoms. The van der Waals surface area contributed by atoms with E-state index in [4.69, 9.17) is 5.73 Å². The van der Waals surface area contributed by atoms with Gasteiger partial charge in [-0.15, -0.1) is 0 Å². The van der Waals surface area contributed by atoms with Crippen molar-refractivity contribution < 1.29 is 0 Å². The van der Waals surface area contributed by atoms with Crippen molar-refractivity contribution in [3.05, 3.63) is 47.7 Å². The second-order valence-corrected chi connectivity index (χ2v) is 6.87. The van der Waals surface area contributed by atoms with Crippen LogP contribution in [0.3, 0.4) is 0 Å². The van der Waals surface area contributed by atoms with Crippen molar-refractivity contribution in [2.24, 2.45) is 4.99 Å². The zero-order valence-electron chi connectivity index (χ0n) is 15.6. The monoisotopic (exact) mass is 354 g/mol.